The second-order valence-corrected chi connectivity index (χ2v) is 5.02. The van der Waals surface area contributed by atoms with Crippen LogP contribution >= 0.6 is 0 Å². The van der Waals surface area contributed by atoms with Gasteiger partial charge in [0.15, 0.2) is 0 Å². The molecule has 1 aliphatic carbocycles. The van der Waals surface area contributed by atoms with Crippen molar-refractivity contribution >= 4 is 5.78 Å². The number of hydrogen-bond acceptors (Lipinski definition) is 1. The summed E-state index contributed by atoms with van der Waals surface area (Å²) in [5.74, 6) is 0.872. The lowest BCUT2D eigenvalue weighted by atomic mass is 9.80. The maximum absolute atomic E-state index is 11.8. The van der Waals surface area contributed by atoms with Crippen LogP contribution in [0.5, 0.6) is 0 Å². The normalized spacial score (nSPS) is 15.9. The molecular formula is C15H20O. The SMILES string of the molecule is Cc1ccc(C)c(CCC(=O)C2CCC2)c1. The summed E-state index contributed by atoms with van der Waals surface area (Å²) >= 11 is 0. The number of carbonyl (C=O) groups is 1. The summed E-state index contributed by atoms with van der Waals surface area (Å²) in [6.45, 7) is 4.24. The van der Waals surface area contributed by atoms with Gasteiger partial charge in [-0.3, -0.25) is 4.79 Å². The maximum Gasteiger partial charge on any atom is 0.136 e. The van der Waals surface area contributed by atoms with E-state index in [1.54, 1.807) is 0 Å². The minimum Gasteiger partial charge on any atom is -0.299 e. The van der Waals surface area contributed by atoms with E-state index in [0.717, 1.165) is 25.7 Å². The van der Waals surface area contributed by atoms with E-state index < -0.39 is 0 Å². The minimum atomic E-state index is 0.394. The highest BCUT2D eigenvalue weighted by atomic mass is 16.1. The van der Waals surface area contributed by atoms with Gasteiger partial charge < -0.3 is 0 Å². The fraction of sp³-hybridized carbons (Fsp3) is 0.533. The Morgan fingerprint density at radius 2 is 2.06 bits per heavy atom. The van der Waals surface area contributed by atoms with Crippen molar-refractivity contribution in [2.45, 2.75) is 46.0 Å². The molecule has 1 aliphatic rings. The van der Waals surface area contributed by atoms with Gasteiger partial charge in [-0.1, -0.05) is 30.2 Å². The van der Waals surface area contributed by atoms with Gasteiger partial charge in [0.25, 0.3) is 0 Å². The van der Waals surface area contributed by atoms with Crippen LogP contribution in [-0.4, -0.2) is 5.78 Å². The van der Waals surface area contributed by atoms with Gasteiger partial charge in [-0.05, 0) is 44.2 Å². The Morgan fingerprint density at radius 3 is 2.69 bits per heavy atom. The maximum atomic E-state index is 11.8. The number of carbonyl (C=O) groups excluding carboxylic acids is 1. The first-order chi connectivity index (χ1) is 7.66. The number of rotatable bonds is 4. The molecule has 0 amide bonds. The largest absolute Gasteiger partial charge is 0.299 e. The zero-order valence-electron chi connectivity index (χ0n) is 10.3. The van der Waals surface area contributed by atoms with Crippen LogP contribution in [0.1, 0.15) is 42.4 Å². The molecule has 1 aromatic carbocycles. The molecule has 1 nitrogen and oxygen atoms in total. The Morgan fingerprint density at radius 1 is 1.31 bits per heavy atom. The van der Waals surface area contributed by atoms with Gasteiger partial charge in [-0.15, -0.1) is 0 Å². The molecule has 0 atom stereocenters. The zero-order chi connectivity index (χ0) is 11.5. The third-order valence-electron chi connectivity index (χ3n) is 3.71. The minimum absolute atomic E-state index is 0.394. The summed E-state index contributed by atoms with van der Waals surface area (Å²) in [5.41, 5.74) is 3.94. The molecule has 0 saturated heterocycles. The van der Waals surface area contributed by atoms with Crippen LogP contribution < -0.4 is 0 Å². The van der Waals surface area contributed by atoms with E-state index in [2.05, 4.69) is 32.0 Å². The van der Waals surface area contributed by atoms with Crippen LogP contribution in [0.25, 0.3) is 0 Å². The smallest absolute Gasteiger partial charge is 0.136 e. The van der Waals surface area contributed by atoms with E-state index in [4.69, 9.17) is 0 Å². The van der Waals surface area contributed by atoms with E-state index in [0.29, 0.717) is 11.7 Å². The molecule has 16 heavy (non-hydrogen) atoms. The van der Waals surface area contributed by atoms with E-state index >= 15 is 0 Å². The topological polar surface area (TPSA) is 17.1 Å². The number of ketones is 1. The van der Waals surface area contributed by atoms with E-state index in [-0.39, 0.29) is 0 Å². The van der Waals surface area contributed by atoms with E-state index in [1.807, 2.05) is 0 Å². The van der Waals surface area contributed by atoms with E-state index in [9.17, 15) is 4.79 Å². The highest BCUT2D eigenvalue weighted by Gasteiger charge is 2.24. The van der Waals surface area contributed by atoms with Gasteiger partial charge in [0.2, 0.25) is 0 Å². The van der Waals surface area contributed by atoms with Crippen molar-refractivity contribution in [1.82, 2.24) is 0 Å². The van der Waals surface area contributed by atoms with Gasteiger partial charge in [0.05, 0.1) is 0 Å². The van der Waals surface area contributed by atoms with Crippen molar-refractivity contribution < 1.29 is 4.79 Å². The molecule has 1 saturated carbocycles. The van der Waals surface area contributed by atoms with Gasteiger partial charge >= 0.3 is 0 Å². The lowest BCUT2D eigenvalue weighted by molar-refractivity contribution is -0.125. The fourth-order valence-corrected chi connectivity index (χ4v) is 2.26. The number of hydrogen-bond donors (Lipinski definition) is 0. The molecule has 0 spiro atoms. The van der Waals surface area contributed by atoms with Gasteiger partial charge in [-0.25, -0.2) is 0 Å². The summed E-state index contributed by atoms with van der Waals surface area (Å²) in [4.78, 5) is 11.8. The first-order valence-electron chi connectivity index (χ1n) is 6.25. The number of aryl methyl sites for hydroxylation is 3. The molecule has 0 unspecified atom stereocenters. The van der Waals surface area contributed by atoms with Gasteiger partial charge in [0, 0.05) is 12.3 Å². The average molecular weight is 216 g/mol. The monoisotopic (exact) mass is 216 g/mol. The molecule has 1 aromatic rings. The Balaban J connectivity index is 1.93. The molecule has 1 heteroatoms. The summed E-state index contributed by atoms with van der Waals surface area (Å²) in [6.07, 6.45) is 5.16. The number of benzene rings is 1. The first kappa shape index (κ1) is 11.4. The molecule has 0 heterocycles. The molecule has 86 valence electrons. The molecule has 2 rings (SSSR count). The predicted octanol–water partition coefficient (Wildman–Crippen LogP) is 3.61. The van der Waals surface area contributed by atoms with Crippen LogP contribution in [0.4, 0.5) is 0 Å². The first-order valence-corrected chi connectivity index (χ1v) is 6.25. The quantitative estimate of drug-likeness (QED) is 0.751. The molecular weight excluding hydrogens is 196 g/mol. The third-order valence-corrected chi connectivity index (χ3v) is 3.71. The van der Waals surface area contributed by atoms with Crippen molar-refractivity contribution in [3.8, 4) is 0 Å². The van der Waals surface area contributed by atoms with Crippen LogP contribution in [0.3, 0.4) is 0 Å². The average Bonchev–Trinajstić information content (AvgIpc) is 2.17. The van der Waals surface area contributed by atoms with Crippen molar-refractivity contribution in [2.24, 2.45) is 5.92 Å². The molecule has 0 bridgehead atoms. The Labute approximate surface area is 97.9 Å². The Bertz CT molecular complexity index is 388. The second kappa shape index (κ2) is 4.82. The molecule has 0 radical (unpaired) electrons. The summed E-state index contributed by atoms with van der Waals surface area (Å²) in [6, 6.07) is 6.49. The van der Waals surface area contributed by atoms with Crippen molar-refractivity contribution in [3.63, 3.8) is 0 Å². The Kier molecular flexibility index (Phi) is 3.42. The second-order valence-electron chi connectivity index (χ2n) is 5.02. The summed E-state index contributed by atoms with van der Waals surface area (Å²) in [5, 5.41) is 0. The highest BCUT2D eigenvalue weighted by Crippen LogP contribution is 2.28. The summed E-state index contributed by atoms with van der Waals surface area (Å²) < 4.78 is 0. The van der Waals surface area contributed by atoms with Crippen LogP contribution in [0, 0.1) is 19.8 Å². The molecule has 0 aromatic heterocycles. The van der Waals surface area contributed by atoms with Crippen LogP contribution in [0.2, 0.25) is 0 Å². The fourth-order valence-electron chi connectivity index (χ4n) is 2.26. The van der Waals surface area contributed by atoms with Gasteiger partial charge in [0.1, 0.15) is 5.78 Å². The van der Waals surface area contributed by atoms with Crippen molar-refractivity contribution in [1.29, 1.82) is 0 Å². The number of Topliss-reactive ketones (excluding diaryl/α,β-unsaturated/α-hetero) is 1. The Hall–Kier alpha value is -1.11. The van der Waals surface area contributed by atoms with E-state index in [1.165, 1.54) is 23.1 Å². The molecule has 1 fully saturated rings. The van der Waals surface area contributed by atoms with Crippen LogP contribution in [-0.2, 0) is 11.2 Å². The van der Waals surface area contributed by atoms with Gasteiger partial charge in [-0.2, -0.15) is 0 Å². The molecule has 0 N–H and O–H groups in total. The molecule has 0 aliphatic heterocycles. The van der Waals surface area contributed by atoms with Crippen molar-refractivity contribution in [2.75, 3.05) is 0 Å². The zero-order valence-corrected chi connectivity index (χ0v) is 10.3. The summed E-state index contributed by atoms with van der Waals surface area (Å²) in [7, 11) is 0. The predicted molar refractivity (Wildman–Crippen MR) is 66.6 cm³/mol. The lowest BCUT2D eigenvalue weighted by Crippen LogP contribution is -2.22. The standard InChI is InChI=1S/C15H20O/c1-11-6-7-12(2)14(10-11)8-9-15(16)13-4-3-5-13/h6-7,10,13H,3-5,8-9H2,1-2H3. The lowest BCUT2D eigenvalue weighted by Gasteiger charge is -2.23. The highest BCUT2D eigenvalue weighted by molar-refractivity contribution is 5.81. The third kappa shape index (κ3) is 2.52. The van der Waals surface area contributed by atoms with Crippen LogP contribution in [0.15, 0.2) is 18.2 Å². The van der Waals surface area contributed by atoms with Crippen molar-refractivity contribution in [3.05, 3.63) is 34.9 Å².